The van der Waals surface area contributed by atoms with Crippen LogP contribution < -0.4 is 25.2 Å². The van der Waals surface area contributed by atoms with Crippen LogP contribution in [0, 0.1) is 33.9 Å². The van der Waals surface area contributed by atoms with Crippen molar-refractivity contribution in [3.8, 4) is 11.8 Å². The van der Waals surface area contributed by atoms with E-state index in [9.17, 15) is 29.2 Å². The number of carbonyl (C=O) groups excluding carboxylic acids is 5. The van der Waals surface area contributed by atoms with Crippen LogP contribution in [0.25, 0.3) is 0 Å². The smallest absolute Gasteiger partial charge is 0.265 e. The van der Waals surface area contributed by atoms with Gasteiger partial charge < -0.3 is 19.9 Å². The fourth-order valence-electron chi connectivity index (χ4n) is 10.3. The summed E-state index contributed by atoms with van der Waals surface area (Å²) in [5, 5.41) is 15.0. The van der Waals surface area contributed by atoms with Crippen molar-refractivity contribution in [3.05, 3.63) is 87.7 Å². The summed E-state index contributed by atoms with van der Waals surface area (Å²) in [4.78, 5) is 71.7. The highest BCUT2D eigenvalue weighted by molar-refractivity contribution is 6.31. The second kappa shape index (κ2) is 15.8. The molecule has 1 atom stereocenters. The molecule has 1 saturated carbocycles. The monoisotopic (exact) mass is 837 g/mol. The number of piperidine rings is 2. The summed E-state index contributed by atoms with van der Waals surface area (Å²) < 4.78 is 21.8. The first-order valence-corrected chi connectivity index (χ1v) is 21.0. The van der Waals surface area contributed by atoms with Crippen LogP contribution in [0.2, 0.25) is 5.02 Å². The van der Waals surface area contributed by atoms with E-state index in [1.54, 1.807) is 24.3 Å². The van der Waals surface area contributed by atoms with Crippen molar-refractivity contribution in [3.63, 3.8) is 0 Å². The molecule has 15 heteroatoms. The number of halogens is 2. The predicted molar refractivity (Wildman–Crippen MR) is 223 cm³/mol. The number of imide groups is 2. The molecule has 13 nitrogen and oxygen atoms in total. The molecule has 314 valence electrons. The Morgan fingerprint density at radius 3 is 2.18 bits per heavy atom. The number of benzene rings is 3. The third-order valence-electron chi connectivity index (χ3n) is 13.3. The molecule has 5 amide bonds. The Morgan fingerprint density at radius 2 is 1.55 bits per heavy atom. The van der Waals surface area contributed by atoms with E-state index < -0.39 is 35.5 Å². The molecule has 5 aliphatic rings. The fourth-order valence-corrected chi connectivity index (χ4v) is 10.5. The highest BCUT2D eigenvalue weighted by atomic mass is 35.5. The Morgan fingerprint density at radius 1 is 0.883 bits per heavy atom. The van der Waals surface area contributed by atoms with Crippen LogP contribution in [-0.2, 0) is 9.59 Å². The van der Waals surface area contributed by atoms with E-state index in [1.807, 2.05) is 29.2 Å². The minimum Gasteiger partial charge on any atom is -0.489 e. The van der Waals surface area contributed by atoms with E-state index in [1.165, 1.54) is 6.07 Å². The van der Waals surface area contributed by atoms with Gasteiger partial charge in [-0.15, -0.1) is 0 Å². The average molecular weight is 838 g/mol. The van der Waals surface area contributed by atoms with Crippen LogP contribution in [0.15, 0.2) is 54.6 Å². The second-order valence-corrected chi connectivity index (χ2v) is 18.3. The van der Waals surface area contributed by atoms with Crippen LogP contribution in [0.3, 0.4) is 0 Å². The first kappa shape index (κ1) is 41.2. The lowest BCUT2D eigenvalue weighted by Gasteiger charge is -2.63. The molecule has 3 aromatic rings. The largest absolute Gasteiger partial charge is 0.489 e. The molecule has 2 N–H and O–H groups in total. The lowest BCUT2D eigenvalue weighted by Crippen LogP contribution is -2.74. The minimum absolute atomic E-state index is 0.00337. The van der Waals surface area contributed by atoms with Crippen LogP contribution >= 0.6 is 11.6 Å². The molecule has 0 aromatic heterocycles. The molecule has 3 aromatic carbocycles. The van der Waals surface area contributed by atoms with Gasteiger partial charge in [0.05, 0.1) is 21.7 Å². The molecule has 3 saturated heterocycles. The molecule has 0 radical (unpaired) electrons. The maximum atomic E-state index is 15.4. The Hall–Kier alpha value is -5.52. The lowest BCUT2D eigenvalue weighted by molar-refractivity contribution is -0.164. The third kappa shape index (κ3) is 7.47. The number of anilines is 2. The zero-order valence-corrected chi connectivity index (χ0v) is 35.0. The zero-order chi connectivity index (χ0) is 42.7. The van der Waals surface area contributed by atoms with Gasteiger partial charge >= 0.3 is 0 Å². The summed E-state index contributed by atoms with van der Waals surface area (Å²) in [6.45, 7) is 14.2. The van der Waals surface area contributed by atoms with Crippen molar-refractivity contribution >= 4 is 52.5 Å². The number of carbonyl (C=O) groups is 5. The maximum absolute atomic E-state index is 15.4. The first-order valence-electron chi connectivity index (χ1n) is 20.6. The first-order chi connectivity index (χ1) is 28.6. The van der Waals surface area contributed by atoms with Gasteiger partial charge in [-0.3, -0.25) is 39.1 Å². The number of nitrogens with zero attached hydrogens (tertiary/aromatic N) is 5. The van der Waals surface area contributed by atoms with Crippen LogP contribution in [-0.4, -0.2) is 103 Å². The van der Waals surface area contributed by atoms with E-state index in [0.717, 1.165) is 56.2 Å². The standard InChI is InChI=1S/C45H49ClFN7O6/c1-44(2)42(45(3,4)43(44)60-31-10-7-28(24-48)33(46)23-31)50-38(56)27-5-8-29(9-6-27)53-19-17-51(18-20-53)25-26-13-15-52(16-14-26)30-21-32-37(34(47)22-30)41(59)54(40(32)58)35-11-12-36(55)49-39(35)57/h5-10,21-23,26,35,42-43H,11-20,25H2,1-4H3,(H,50,56)(H,49,55,57). The van der Waals surface area contributed by atoms with E-state index >= 15 is 4.39 Å². The van der Waals surface area contributed by atoms with Crippen molar-refractivity contribution in [1.82, 2.24) is 20.4 Å². The van der Waals surface area contributed by atoms with Crippen molar-refractivity contribution in [2.45, 2.75) is 71.6 Å². The molecule has 60 heavy (non-hydrogen) atoms. The number of nitriles is 1. The molecule has 1 unspecified atom stereocenters. The molecule has 8 rings (SSSR count). The molecule has 0 bridgehead atoms. The van der Waals surface area contributed by atoms with E-state index in [4.69, 9.17) is 16.3 Å². The van der Waals surface area contributed by atoms with Crippen molar-refractivity contribution < 1.29 is 33.1 Å². The van der Waals surface area contributed by atoms with Gasteiger partial charge in [0.1, 0.15) is 29.8 Å². The Bertz CT molecular complexity index is 2280. The van der Waals surface area contributed by atoms with Gasteiger partial charge in [0.15, 0.2) is 0 Å². The number of nitrogens with one attached hydrogen (secondary N) is 2. The highest BCUT2D eigenvalue weighted by Crippen LogP contribution is 2.55. The number of amides is 5. The molecule has 0 spiro atoms. The minimum atomic E-state index is -1.14. The average Bonchev–Trinajstić information content (AvgIpc) is 3.48. The Balaban J connectivity index is 0.799. The normalized spacial score (nSPS) is 24.1. The topological polar surface area (TPSA) is 155 Å². The zero-order valence-electron chi connectivity index (χ0n) is 34.2. The van der Waals surface area contributed by atoms with E-state index in [2.05, 4.69) is 54.2 Å². The van der Waals surface area contributed by atoms with Crippen LogP contribution in [0.4, 0.5) is 15.8 Å². The molecule has 4 fully saturated rings. The summed E-state index contributed by atoms with van der Waals surface area (Å²) in [7, 11) is 0. The molecule has 1 aliphatic carbocycles. The highest BCUT2D eigenvalue weighted by Gasteiger charge is 2.64. The molecular formula is C45H49ClFN7O6. The van der Waals surface area contributed by atoms with Gasteiger partial charge in [-0.05, 0) is 73.7 Å². The summed E-state index contributed by atoms with van der Waals surface area (Å²) in [6, 6.07) is 16.5. The second-order valence-electron chi connectivity index (χ2n) is 17.9. The summed E-state index contributed by atoms with van der Waals surface area (Å²) in [5.74, 6) is -2.63. The van der Waals surface area contributed by atoms with Crippen molar-refractivity contribution in [2.75, 3.05) is 55.6 Å². The van der Waals surface area contributed by atoms with Gasteiger partial charge in [0, 0.05) is 92.1 Å². The Labute approximate surface area is 353 Å². The quantitative estimate of drug-likeness (QED) is 0.268. The SMILES string of the molecule is CC1(C)C(NC(=O)c2ccc(N3CCN(CC4CCN(c5cc(F)c6c(c5)C(=O)N(C5CCC(=O)NC5=O)C6=O)CC4)CC3)cc2)C(C)(C)C1Oc1ccc(C#N)c(Cl)c1. The van der Waals surface area contributed by atoms with Gasteiger partial charge in [0.2, 0.25) is 11.8 Å². The van der Waals surface area contributed by atoms with Crippen molar-refractivity contribution in [1.29, 1.82) is 5.26 Å². The molecule has 4 heterocycles. The number of piperazine rings is 1. The lowest BCUT2D eigenvalue weighted by atomic mass is 9.49. The van der Waals surface area contributed by atoms with E-state index in [-0.39, 0.29) is 52.9 Å². The summed E-state index contributed by atoms with van der Waals surface area (Å²) >= 11 is 6.25. The number of fused-ring (bicyclic) bond motifs is 1. The fraction of sp³-hybridized carbons (Fsp3) is 0.467. The number of rotatable bonds is 9. The van der Waals surface area contributed by atoms with Gasteiger partial charge in [-0.25, -0.2) is 4.39 Å². The summed E-state index contributed by atoms with van der Waals surface area (Å²) in [6.07, 6.45) is 1.61. The van der Waals surface area contributed by atoms with Gasteiger partial charge in [-0.1, -0.05) is 39.3 Å². The summed E-state index contributed by atoms with van der Waals surface area (Å²) in [5.41, 5.74) is 1.48. The Kier molecular flexibility index (Phi) is 10.9. The van der Waals surface area contributed by atoms with E-state index in [0.29, 0.717) is 46.6 Å². The maximum Gasteiger partial charge on any atom is 0.265 e. The third-order valence-corrected chi connectivity index (χ3v) is 13.6. The van der Waals surface area contributed by atoms with Crippen molar-refractivity contribution in [2.24, 2.45) is 16.7 Å². The van der Waals surface area contributed by atoms with Gasteiger partial charge in [0.25, 0.3) is 17.7 Å². The van der Waals surface area contributed by atoms with Gasteiger partial charge in [-0.2, -0.15) is 5.26 Å². The number of hydrogen-bond donors (Lipinski definition) is 2. The molecular weight excluding hydrogens is 789 g/mol. The number of ether oxygens (including phenoxy) is 1. The number of hydrogen-bond acceptors (Lipinski definition) is 10. The van der Waals surface area contributed by atoms with Crippen LogP contribution in [0.5, 0.6) is 5.75 Å². The van der Waals surface area contributed by atoms with Crippen LogP contribution in [0.1, 0.15) is 90.0 Å². The molecule has 4 aliphatic heterocycles. The predicted octanol–water partition coefficient (Wildman–Crippen LogP) is 5.40.